The number of tetrazole rings is 1. The average Bonchev–Trinajstić information content (AvgIpc) is 3.09. The zero-order valence-electron chi connectivity index (χ0n) is 12.9. The maximum absolute atomic E-state index is 12.4. The molecule has 2 N–H and O–H groups in total. The van der Waals surface area contributed by atoms with Gasteiger partial charge in [0.05, 0.1) is 19.8 Å². The van der Waals surface area contributed by atoms with Gasteiger partial charge in [0, 0.05) is 12.2 Å². The monoisotopic (exact) mass is 318 g/mol. The standard InChI is InChI=1S/C14H18N6O3/c1-9-13(15-5-6-23-9)14(21)17-10-3-4-12(22-2)11(7-10)20-8-16-18-19-20/h3-4,7-9,13,15H,5-6H2,1-2H3,(H,17,21)/t9-,13+/m1/s1. The molecule has 1 aliphatic heterocycles. The number of methoxy groups -OCH3 is 1. The van der Waals surface area contributed by atoms with Crippen molar-refractivity contribution < 1.29 is 14.3 Å². The number of amides is 1. The van der Waals surface area contributed by atoms with E-state index >= 15 is 0 Å². The minimum Gasteiger partial charge on any atom is -0.494 e. The van der Waals surface area contributed by atoms with E-state index in [1.807, 2.05) is 6.92 Å². The molecule has 0 aliphatic carbocycles. The van der Waals surface area contributed by atoms with Gasteiger partial charge in [-0.05, 0) is 35.5 Å². The second-order valence-electron chi connectivity index (χ2n) is 5.14. The van der Waals surface area contributed by atoms with E-state index in [-0.39, 0.29) is 18.1 Å². The van der Waals surface area contributed by atoms with Crippen molar-refractivity contribution in [3.63, 3.8) is 0 Å². The summed E-state index contributed by atoms with van der Waals surface area (Å²) >= 11 is 0. The average molecular weight is 318 g/mol. The van der Waals surface area contributed by atoms with Crippen LogP contribution in [-0.4, -0.2) is 58.5 Å². The van der Waals surface area contributed by atoms with Gasteiger partial charge in [-0.15, -0.1) is 5.10 Å². The summed E-state index contributed by atoms with van der Waals surface area (Å²) in [5, 5.41) is 17.1. The molecule has 0 radical (unpaired) electrons. The van der Waals surface area contributed by atoms with E-state index in [4.69, 9.17) is 9.47 Å². The summed E-state index contributed by atoms with van der Waals surface area (Å²) in [6.45, 7) is 3.13. The van der Waals surface area contributed by atoms with Gasteiger partial charge in [0.25, 0.3) is 0 Å². The molecule has 1 amide bonds. The first kappa shape index (κ1) is 15.4. The maximum Gasteiger partial charge on any atom is 0.244 e. The SMILES string of the molecule is COc1ccc(NC(=O)[C@H]2NCCO[C@@H]2C)cc1-n1cnnn1. The minimum absolute atomic E-state index is 0.148. The minimum atomic E-state index is -0.387. The normalized spacial score (nSPS) is 21.0. The van der Waals surface area contributed by atoms with E-state index in [9.17, 15) is 4.79 Å². The van der Waals surface area contributed by atoms with Crippen LogP contribution in [-0.2, 0) is 9.53 Å². The Morgan fingerprint density at radius 2 is 2.39 bits per heavy atom. The number of carbonyl (C=O) groups excluding carboxylic acids is 1. The smallest absolute Gasteiger partial charge is 0.244 e. The molecular formula is C14H18N6O3. The van der Waals surface area contributed by atoms with Gasteiger partial charge >= 0.3 is 0 Å². The van der Waals surface area contributed by atoms with Crippen molar-refractivity contribution in [3.05, 3.63) is 24.5 Å². The van der Waals surface area contributed by atoms with Gasteiger partial charge < -0.3 is 20.1 Å². The number of benzene rings is 1. The topological polar surface area (TPSA) is 103 Å². The first-order chi connectivity index (χ1) is 11.2. The largest absolute Gasteiger partial charge is 0.494 e. The molecule has 9 nitrogen and oxygen atoms in total. The van der Waals surface area contributed by atoms with E-state index in [2.05, 4.69) is 26.2 Å². The van der Waals surface area contributed by atoms with Crippen molar-refractivity contribution in [1.29, 1.82) is 0 Å². The first-order valence-electron chi connectivity index (χ1n) is 7.26. The van der Waals surface area contributed by atoms with Gasteiger partial charge in [-0.25, -0.2) is 0 Å². The molecule has 0 saturated carbocycles. The fourth-order valence-corrected chi connectivity index (χ4v) is 2.47. The lowest BCUT2D eigenvalue weighted by Gasteiger charge is -2.29. The summed E-state index contributed by atoms with van der Waals surface area (Å²) in [4.78, 5) is 12.4. The zero-order valence-corrected chi connectivity index (χ0v) is 12.9. The Morgan fingerprint density at radius 1 is 1.52 bits per heavy atom. The van der Waals surface area contributed by atoms with Crippen molar-refractivity contribution in [2.75, 3.05) is 25.6 Å². The lowest BCUT2D eigenvalue weighted by molar-refractivity contribution is -0.123. The number of anilines is 1. The molecule has 1 aromatic carbocycles. The number of ether oxygens (including phenoxy) is 2. The van der Waals surface area contributed by atoms with Gasteiger partial charge in [-0.3, -0.25) is 4.79 Å². The van der Waals surface area contributed by atoms with E-state index in [0.29, 0.717) is 30.3 Å². The van der Waals surface area contributed by atoms with Crippen LogP contribution in [0.4, 0.5) is 5.69 Å². The lowest BCUT2D eigenvalue weighted by atomic mass is 10.1. The van der Waals surface area contributed by atoms with Crippen LogP contribution in [0.15, 0.2) is 24.5 Å². The summed E-state index contributed by atoms with van der Waals surface area (Å²) in [7, 11) is 1.56. The van der Waals surface area contributed by atoms with E-state index in [0.717, 1.165) is 0 Å². The molecule has 0 bridgehead atoms. The number of morpholine rings is 1. The highest BCUT2D eigenvalue weighted by Crippen LogP contribution is 2.25. The van der Waals surface area contributed by atoms with Crippen LogP contribution in [0, 0.1) is 0 Å². The number of aromatic nitrogens is 4. The van der Waals surface area contributed by atoms with Crippen LogP contribution in [0.25, 0.3) is 5.69 Å². The number of nitrogens with zero attached hydrogens (tertiary/aromatic N) is 4. The quantitative estimate of drug-likeness (QED) is 0.817. The molecular weight excluding hydrogens is 300 g/mol. The molecule has 23 heavy (non-hydrogen) atoms. The van der Waals surface area contributed by atoms with Crippen LogP contribution in [0.3, 0.4) is 0 Å². The molecule has 9 heteroatoms. The zero-order chi connectivity index (χ0) is 16.2. The van der Waals surface area contributed by atoms with Crippen LogP contribution in [0.1, 0.15) is 6.92 Å². The summed E-state index contributed by atoms with van der Waals surface area (Å²) < 4.78 is 12.3. The Balaban J connectivity index is 1.80. The van der Waals surface area contributed by atoms with Crippen LogP contribution >= 0.6 is 0 Å². The highest BCUT2D eigenvalue weighted by atomic mass is 16.5. The molecule has 3 rings (SSSR count). The number of rotatable bonds is 4. The van der Waals surface area contributed by atoms with Crippen LogP contribution in [0.2, 0.25) is 0 Å². The molecule has 122 valence electrons. The summed E-state index contributed by atoms with van der Waals surface area (Å²) in [5.74, 6) is 0.452. The predicted molar refractivity (Wildman–Crippen MR) is 81.5 cm³/mol. The van der Waals surface area contributed by atoms with Crippen LogP contribution < -0.4 is 15.4 Å². The van der Waals surface area contributed by atoms with Crippen LogP contribution in [0.5, 0.6) is 5.75 Å². The molecule has 2 atom stereocenters. The second-order valence-corrected chi connectivity index (χ2v) is 5.14. The number of hydrogen-bond donors (Lipinski definition) is 2. The summed E-state index contributed by atoms with van der Waals surface area (Å²) in [6.07, 6.45) is 1.28. The first-order valence-corrected chi connectivity index (χ1v) is 7.26. The van der Waals surface area contributed by atoms with E-state index < -0.39 is 0 Å². The van der Waals surface area contributed by atoms with Crippen molar-refractivity contribution in [3.8, 4) is 11.4 Å². The number of hydrogen-bond acceptors (Lipinski definition) is 7. The third-order valence-corrected chi connectivity index (χ3v) is 3.64. The molecule has 0 unspecified atom stereocenters. The molecule has 1 aliphatic rings. The Hall–Kier alpha value is -2.52. The highest BCUT2D eigenvalue weighted by Gasteiger charge is 2.28. The molecule has 1 fully saturated rings. The Kier molecular flexibility index (Phi) is 4.49. The van der Waals surface area contributed by atoms with Gasteiger partial charge in [0.15, 0.2) is 0 Å². The van der Waals surface area contributed by atoms with Crippen molar-refractivity contribution >= 4 is 11.6 Å². The van der Waals surface area contributed by atoms with Crippen molar-refractivity contribution in [1.82, 2.24) is 25.5 Å². The fraction of sp³-hybridized carbons (Fsp3) is 0.429. The Bertz CT molecular complexity index is 675. The molecule has 0 spiro atoms. The Morgan fingerprint density at radius 3 is 3.09 bits per heavy atom. The number of nitrogens with one attached hydrogen (secondary N) is 2. The molecule has 1 saturated heterocycles. The Labute approximate surface area is 133 Å². The third kappa shape index (κ3) is 3.30. The van der Waals surface area contributed by atoms with Crippen molar-refractivity contribution in [2.24, 2.45) is 0 Å². The molecule has 1 aromatic heterocycles. The van der Waals surface area contributed by atoms with Gasteiger partial charge in [0.2, 0.25) is 5.91 Å². The number of carbonyl (C=O) groups is 1. The predicted octanol–water partition coefficient (Wildman–Crippen LogP) is -0.0137. The third-order valence-electron chi connectivity index (χ3n) is 3.64. The van der Waals surface area contributed by atoms with Gasteiger partial charge in [0.1, 0.15) is 23.8 Å². The lowest BCUT2D eigenvalue weighted by Crippen LogP contribution is -2.53. The molecule has 2 heterocycles. The van der Waals surface area contributed by atoms with E-state index in [1.54, 1.807) is 25.3 Å². The fourth-order valence-electron chi connectivity index (χ4n) is 2.47. The van der Waals surface area contributed by atoms with E-state index in [1.165, 1.54) is 11.0 Å². The summed E-state index contributed by atoms with van der Waals surface area (Å²) in [5.41, 5.74) is 1.26. The maximum atomic E-state index is 12.4. The second kappa shape index (κ2) is 6.71. The summed E-state index contributed by atoms with van der Waals surface area (Å²) in [6, 6.07) is 4.88. The highest BCUT2D eigenvalue weighted by molar-refractivity contribution is 5.95. The molecule has 2 aromatic rings. The van der Waals surface area contributed by atoms with Crippen molar-refractivity contribution in [2.45, 2.75) is 19.1 Å². The van der Waals surface area contributed by atoms with Gasteiger partial charge in [-0.2, -0.15) is 4.68 Å². The van der Waals surface area contributed by atoms with Gasteiger partial charge in [-0.1, -0.05) is 0 Å².